The number of nitrogens with zero attached hydrogens (tertiary/aromatic N) is 4. The summed E-state index contributed by atoms with van der Waals surface area (Å²) in [5, 5.41) is 11.9. The quantitative estimate of drug-likeness (QED) is 0.543. The summed E-state index contributed by atoms with van der Waals surface area (Å²) in [6, 6.07) is 6.88. The standard InChI is InChI=1S/C15H14N4O2/c1-2-4-14-16-9-10-18(14)12-6-7-13(19(20)21)15-11(12)5-3-8-17-15/h3,5-10H,2,4H2,1H3. The largest absolute Gasteiger partial charge is 0.303 e. The molecule has 21 heavy (non-hydrogen) atoms. The molecule has 106 valence electrons. The Bertz CT molecular complexity index is 810. The number of nitro benzene ring substituents is 1. The first-order valence-corrected chi connectivity index (χ1v) is 6.77. The number of aryl methyl sites for hydroxylation is 1. The maximum atomic E-state index is 11.1. The Kier molecular flexibility index (Phi) is 3.35. The minimum atomic E-state index is -0.403. The molecule has 6 nitrogen and oxygen atoms in total. The van der Waals surface area contributed by atoms with Crippen LogP contribution in [0.5, 0.6) is 0 Å². The number of non-ortho nitro benzene ring substituents is 1. The normalized spacial score (nSPS) is 10.9. The van der Waals surface area contributed by atoms with Crippen LogP contribution in [0.2, 0.25) is 0 Å². The molecule has 0 fully saturated rings. The lowest BCUT2D eigenvalue weighted by atomic mass is 10.1. The fourth-order valence-corrected chi connectivity index (χ4v) is 2.46. The molecule has 0 saturated heterocycles. The van der Waals surface area contributed by atoms with Gasteiger partial charge in [0.2, 0.25) is 0 Å². The van der Waals surface area contributed by atoms with Gasteiger partial charge in [0, 0.05) is 36.5 Å². The van der Waals surface area contributed by atoms with Gasteiger partial charge >= 0.3 is 0 Å². The van der Waals surface area contributed by atoms with Crippen LogP contribution in [0.15, 0.2) is 42.9 Å². The lowest BCUT2D eigenvalue weighted by Gasteiger charge is -2.10. The summed E-state index contributed by atoms with van der Waals surface area (Å²) in [5.41, 5.74) is 1.28. The van der Waals surface area contributed by atoms with E-state index in [2.05, 4.69) is 16.9 Å². The van der Waals surface area contributed by atoms with Crippen LogP contribution in [-0.2, 0) is 6.42 Å². The van der Waals surface area contributed by atoms with E-state index >= 15 is 0 Å². The van der Waals surface area contributed by atoms with E-state index in [4.69, 9.17) is 0 Å². The number of aromatic nitrogens is 3. The van der Waals surface area contributed by atoms with Crippen molar-refractivity contribution < 1.29 is 4.92 Å². The van der Waals surface area contributed by atoms with Crippen molar-refractivity contribution in [2.75, 3.05) is 0 Å². The minimum absolute atomic E-state index is 0.0199. The summed E-state index contributed by atoms with van der Waals surface area (Å²) in [6.45, 7) is 2.09. The topological polar surface area (TPSA) is 73.8 Å². The molecule has 3 rings (SSSR count). The van der Waals surface area contributed by atoms with E-state index in [0.29, 0.717) is 5.52 Å². The molecule has 2 aromatic heterocycles. The van der Waals surface area contributed by atoms with Crippen LogP contribution >= 0.6 is 0 Å². The second-order valence-electron chi connectivity index (χ2n) is 4.72. The molecular formula is C15H14N4O2. The molecule has 6 heteroatoms. The van der Waals surface area contributed by atoms with E-state index < -0.39 is 4.92 Å². The predicted molar refractivity (Wildman–Crippen MR) is 79.5 cm³/mol. The summed E-state index contributed by atoms with van der Waals surface area (Å²) in [7, 11) is 0. The van der Waals surface area contributed by atoms with Crippen molar-refractivity contribution in [2.45, 2.75) is 19.8 Å². The number of nitro groups is 1. The molecule has 0 bridgehead atoms. The molecule has 2 heterocycles. The van der Waals surface area contributed by atoms with Crippen LogP contribution in [0.1, 0.15) is 19.2 Å². The molecule has 0 N–H and O–H groups in total. The SMILES string of the molecule is CCCc1nccn1-c1ccc([N+](=O)[O-])c2ncccc12. The van der Waals surface area contributed by atoms with E-state index in [1.54, 1.807) is 24.5 Å². The predicted octanol–water partition coefficient (Wildman–Crippen LogP) is 3.28. The van der Waals surface area contributed by atoms with Crippen LogP contribution < -0.4 is 0 Å². The highest BCUT2D eigenvalue weighted by Crippen LogP contribution is 2.29. The molecule has 1 aromatic carbocycles. The molecule has 0 saturated carbocycles. The van der Waals surface area contributed by atoms with Gasteiger partial charge in [-0.3, -0.25) is 10.1 Å². The molecule has 0 unspecified atom stereocenters. The van der Waals surface area contributed by atoms with Gasteiger partial charge in [0.1, 0.15) is 11.3 Å². The van der Waals surface area contributed by atoms with Crippen LogP contribution in [0.4, 0.5) is 5.69 Å². The zero-order valence-electron chi connectivity index (χ0n) is 11.6. The van der Waals surface area contributed by atoms with E-state index in [1.807, 2.05) is 16.8 Å². The summed E-state index contributed by atoms with van der Waals surface area (Å²) in [6.07, 6.45) is 7.03. The van der Waals surface area contributed by atoms with E-state index in [0.717, 1.165) is 29.7 Å². The first-order chi connectivity index (χ1) is 10.2. The number of imidazole rings is 1. The van der Waals surface area contributed by atoms with Gasteiger partial charge in [-0.1, -0.05) is 6.92 Å². The third-order valence-corrected chi connectivity index (χ3v) is 3.37. The molecule has 0 radical (unpaired) electrons. The van der Waals surface area contributed by atoms with Crippen molar-refractivity contribution in [1.29, 1.82) is 0 Å². The van der Waals surface area contributed by atoms with E-state index in [-0.39, 0.29) is 5.69 Å². The van der Waals surface area contributed by atoms with Gasteiger partial charge in [-0.15, -0.1) is 0 Å². The number of hydrogen-bond donors (Lipinski definition) is 0. The molecule has 0 amide bonds. The number of hydrogen-bond acceptors (Lipinski definition) is 4. The van der Waals surface area contributed by atoms with Crippen molar-refractivity contribution >= 4 is 16.6 Å². The van der Waals surface area contributed by atoms with Crippen molar-refractivity contribution in [1.82, 2.24) is 14.5 Å². The smallest absolute Gasteiger partial charge is 0.295 e. The fraction of sp³-hybridized carbons (Fsp3) is 0.200. The third kappa shape index (κ3) is 2.24. The van der Waals surface area contributed by atoms with Crippen LogP contribution in [-0.4, -0.2) is 19.5 Å². The Morgan fingerprint density at radius 3 is 2.86 bits per heavy atom. The van der Waals surface area contributed by atoms with Crippen molar-refractivity contribution in [3.8, 4) is 5.69 Å². The molecule has 3 aromatic rings. The van der Waals surface area contributed by atoms with Gasteiger partial charge in [0.15, 0.2) is 0 Å². The molecule has 0 aliphatic heterocycles. The Labute approximate surface area is 121 Å². The monoisotopic (exact) mass is 282 g/mol. The minimum Gasteiger partial charge on any atom is -0.303 e. The second kappa shape index (κ2) is 5.32. The van der Waals surface area contributed by atoms with Crippen LogP contribution in [0.25, 0.3) is 16.6 Å². The first kappa shape index (κ1) is 13.2. The molecule has 0 atom stereocenters. The highest BCUT2D eigenvalue weighted by Gasteiger charge is 2.17. The van der Waals surface area contributed by atoms with Gasteiger partial charge < -0.3 is 4.57 Å². The van der Waals surface area contributed by atoms with Crippen molar-refractivity contribution in [2.24, 2.45) is 0 Å². The zero-order valence-corrected chi connectivity index (χ0v) is 11.6. The number of rotatable bonds is 4. The number of pyridine rings is 1. The molecule has 0 aliphatic carbocycles. The van der Waals surface area contributed by atoms with Crippen LogP contribution in [0.3, 0.4) is 0 Å². The zero-order chi connectivity index (χ0) is 14.8. The van der Waals surface area contributed by atoms with Crippen LogP contribution in [0, 0.1) is 10.1 Å². The number of fused-ring (bicyclic) bond motifs is 1. The van der Waals surface area contributed by atoms with Gasteiger partial charge in [0.25, 0.3) is 5.69 Å². The Hall–Kier alpha value is -2.76. The van der Waals surface area contributed by atoms with E-state index in [9.17, 15) is 10.1 Å². The van der Waals surface area contributed by atoms with Gasteiger partial charge in [-0.25, -0.2) is 9.97 Å². The summed E-state index contributed by atoms with van der Waals surface area (Å²) < 4.78 is 1.97. The second-order valence-corrected chi connectivity index (χ2v) is 4.72. The Balaban J connectivity index is 2.27. The van der Waals surface area contributed by atoms with Crippen molar-refractivity contribution in [3.05, 3.63) is 58.8 Å². The molecule has 0 spiro atoms. The van der Waals surface area contributed by atoms with Crippen molar-refractivity contribution in [3.63, 3.8) is 0 Å². The maximum absolute atomic E-state index is 11.1. The highest BCUT2D eigenvalue weighted by atomic mass is 16.6. The third-order valence-electron chi connectivity index (χ3n) is 3.37. The maximum Gasteiger partial charge on any atom is 0.295 e. The first-order valence-electron chi connectivity index (χ1n) is 6.77. The lowest BCUT2D eigenvalue weighted by Crippen LogP contribution is -2.02. The summed E-state index contributed by atoms with van der Waals surface area (Å²) in [5.74, 6) is 0.941. The average molecular weight is 282 g/mol. The Morgan fingerprint density at radius 2 is 2.10 bits per heavy atom. The fourth-order valence-electron chi connectivity index (χ4n) is 2.46. The van der Waals surface area contributed by atoms with Gasteiger partial charge in [-0.2, -0.15) is 0 Å². The summed E-state index contributed by atoms with van der Waals surface area (Å²) >= 11 is 0. The van der Waals surface area contributed by atoms with Gasteiger partial charge in [-0.05, 0) is 24.6 Å². The summed E-state index contributed by atoms with van der Waals surface area (Å²) in [4.78, 5) is 19.3. The van der Waals surface area contributed by atoms with E-state index in [1.165, 1.54) is 6.07 Å². The highest BCUT2D eigenvalue weighted by molar-refractivity contribution is 5.93. The molecule has 0 aliphatic rings. The number of benzene rings is 1. The molecular weight excluding hydrogens is 268 g/mol. The average Bonchev–Trinajstić information content (AvgIpc) is 2.94. The lowest BCUT2D eigenvalue weighted by molar-refractivity contribution is -0.383. The van der Waals surface area contributed by atoms with Gasteiger partial charge in [0.05, 0.1) is 10.6 Å². The Morgan fingerprint density at radius 1 is 1.24 bits per heavy atom.